The molecule has 0 bridgehead atoms. The van der Waals surface area contributed by atoms with Gasteiger partial charge in [0.25, 0.3) is 0 Å². The number of carboxylic acids is 1. The highest BCUT2D eigenvalue weighted by Crippen LogP contribution is 2.26. The third kappa shape index (κ3) is 12.5. The number of hydrogen-bond acceptors (Lipinski definition) is 9. The van der Waals surface area contributed by atoms with Gasteiger partial charge in [-0.05, 0) is 61.3 Å². The van der Waals surface area contributed by atoms with Crippen LogP contribution in [0.25, 0.3) is 0 Å². The first kappa shape index (κ1) is 32.3. The molecule has 2 rings (SSSR count). The van der Waals surface area contributed by atoms with Crippen molar-refractivity contribution in [1.29, 1.82) is 0 Å². The number of esters is 2. The molecule has 0 amide bonds. The van der Waals surface area contributed by atoms with Crippen LogP contribution in [0.5, 0.6) is 0 Å². The van der Waals surface area contributed by atoms with E-state index in [1.807, 2.05) is 27.7 Å². The fourth-order valence-corrected chi connectivity index (χ4v) is 3.25. The first-order valence-electron chi connectivity index (χ1n) is 12.3. The van der Waals surface area contributed by atoms with E-state index in [-0.39, 0.29) is 48.2 Å². The summed E-state index contributed by atoms with van der Waals surface area (Å²) in [6.07, 6.45) is 7.42. The number of nitrogens with zero attached hydrogens (tertiary/aromatic N) is 2. The van der Waals surface area contributed by atoms with E-state index >= 15 is 0 Å². The number of carboxylic acid groups (broad SMARTS) is 1. The van der Waals surface area contributed by atoms with Crippen molar-refractivity contribution in [2.45, 2.75) is 97.2 Å². The lowest BCUT2D eigenvalue weighted by Gasteiger charge is -2.21. The quantitative estimate of drug-likeness (QED) is 0.265. The van der Waals surface area contributed by atoms with Crippen LogP contribution in [-0.2, 0) is 19.1 Å². The van der Waals surface area contributed by atoms with Crippen LogP contribution in [0.3, 0.4) is 0 Å². The predicted octanol–water partition coefficient (Wildman–Crippen LogP) is 6.14. The van der Waals surface area contributed by atoms with Gasteiger partial charge in [-0.15, -0.1) is 13.2 Å². The van der Waals surface area contributed by atoms with E-state index < -0.39 is 17.2 Å². The molecule has 38 heavy (non-hydrogen) atoms. The minimum Gasteiger partial charge on any atom is -0.476 e. The van der Waals surface area contributed by atoms with E-state index in [2.05, 4.69) is 23.1 Å². The maximum absolute atomic E-state index is 11.8. The van der Waals surface area contributed by atoms with Crippen LogP contribution in [0, 0.1) is 6.92 Å². The minimum absolute atomic E-state index is 0.0584. The summed E-state index contributed by atoms with van der Waals surface area (Å²) in [6, 6.07) is 0. The molecule has 0 saturated carbocycles. The van der Waals surface area contributed by atoms with Crippen LogP contribution in [-0.4, -0.2) is 44.2 Å². The lowest BCUT2D eigenvalue weighted by atomic mass is 10.0. The number of aryl methyl sites for hydroxylation is 1. The van der Waals surface area contributed by atoms with Gasteiger partial charge in [-0.3, -0.25) is 9.59 Å². The van der Waals surface area contributed by atoms with Gasteiger partial charge in [0.2, 0.25) is 0 Å². The third-order valence-corrected chi connectivity index (χ3v) is 4.64. The molecule has 0 fully saturated rings. The number of oxazole rings is 2. The summed E-state index contributed by atoms with van der Waals surface area (Å²) in [7, 11) is 0. The zero-order valence-electron chi connectivity index (χ0n) is 23.4. The highest BCUT2D eigenvalue weighted by molar-refractivity contribution is 5.84. The molecule has 0 saturated heterocycles. The summed E-state index contributed by atoms with van der Waals surface area (Å²) >= 11 is 0. The van der Waals surface area contributed by atoms with Crippen LogP contribution in [0.4, 0.5) is 0 Å². The lowest BCUT2D eigenvalue weighted by Crippen LogP contribution is -2.25. The highest BCUT2D eigenvalue weighted by Gasteiger charge is 2.25. The van der Waals surface area contributed by atoms with Crippen molar-refractivity contribution in [3.05, 3.63) is 61.0 Å². The number of ether oxygens (including phenoxy) is 2. The van der Waals surface area contributed by atoms with E-state index in [0.717, 1.165) is 12.0 Å². The summed E-state index contributed by atoms with van der Waals surface area (Å²) in [6.45, 7) is 20.0. The molecule has 2 aromatic rings. The molecule has 0 unspecified atom stereocenters. The van der Waals surface area contributed by atoms with Gasteiger partial charge in [0, 0.05) is 11.8 Å². The van der Waals surface area contributed by atoms with E-state index in [4.69, 9.17) is 23.4 Å². The lowest BCUT2D eigenvalue weighted by molar-refractivity contribution is -0.156. The Balaban J connectivity index is 0.000000382. The molecule has 2 atom stereocenters. The Labute approximate surface area is 224 Å². The number of carbonyl (C=O) groups is 3. The number of allylic oxidation sites excluding steroid dienone is 2. The molecule has 0 aliphatic heterocycles. The number of aromatic carboxylic acids is 1. The fraction of sp³-hybridized carbons (Fsp3) is 0.536. The molecule has 2 heterocycles. The molecule has 0 aliphatic rings. The Bertz CT molecular complexity index is 1090. The second-order valence-electron chi connectivity index (χ2n) is 10.7. The smallest absolute Gasteiger partial charge is 0.357 e. The second kappa shape index (κ2) is 14.3. The molecule has 10 nitrogen and oxygen atoms in total. The molecule has 0 radical (unpaired) electrons. The third-order valence-electron chi connectivity index (χ3n) is 4.64. The second-order valence-corrected chi connectivity index (χ2v) is 10.7. The Morgan fingerprint density at radius 2 is 1.29 bits per heavy atom. The average Bonchev–Trinajstić information content (AvgIpc) is 3.40. The molecular weight excluding hydrogens is 492 g/mol. The summed E-state index contributed by atoms with van der Waals surface area (Å²) in [5, 5.41) is 8.81. The van der Waals surface area contributed by atoms with Crippen LogP contribution < -0.4 is 0 Å². The summed E-state index contributed by atoms with van der Waals surface area (Å²) in [5.74, 6) is -1.52. The molecule has 1 N–H and O–H groups in total. The summed E-state index contributed by atoms with van der Waals surface area (Å²) in [5.41, 5.74) is -0.414. The fourth-order valence-electron chi connectivity index (χ4n) is 3.25. The van der Waals surface area contributed by atoms with Crippen LogP contribution in [0.1, 0.15) is 107 Å². The molecule has 0 spiro atoms. The summed E-state index contributed by atoms with van der Waals surface area (Å²) < 4.78 is 21.0. The Morgan fingerprint density at radius 1 is 0.868 bits per heavy atom. The van der Waals surface area contributed by atoms with E-state index in [1.54, 1.807) is 39.2 Å². The van der Waals surface area contributed by atoms with Gasteiger partial charge in [0.05, 0.1) is 18.5 Å². The minimum atomic E-state index is -1.17. The van der Waals surface area contributed by atoms with Crippen LogP contribution in [0.15, 0.2) is 46.7 Å². The topological polar surface area (TPSA) is 142 Å². The summed E-state index contributed by atoms with van der Waals surface area (Å²) in [4.78, 5) is 42.5. The van der Waals surface area contributed by atoms with Gasteiger partial charge in [0.1, 0.15) is 23.7 Å². The number of rotatable bonds is 11. The first-order valence-corrected chi connectivity index (χ1v) is 12.3. The van der Waals surface area contributed by atoms with Crippen molar-refractivity contribution in [1.82, 2.24) is 9.97 Å². The maximum atomic E-state index is 11.8. The van der Waals surface area contributed by atoms with Gasteiger partial charge in [0.15, 0.2) is 17.5 Å². The first-order chi connectivity index (χ1) is 17.5. The normalized spacial score (nSPS) is 12.9. The van der Waals surface area contributed by atoms with Gasteiger partial charge >= 0.3 is 17.9 Å². The van der Waals surface area contributed by atoms with Gasteiger partial charge in [-0.25, -0.2) is 14.8 Å². The standard InChI is InChI=1S/C14H19NO5.C14H21NO3/c1-5-6-9(7-11(16)20-14(2,3)4)12-15-10(8-19-12)13(17)18;1-6-7-11(13-15-10(2)9-17-13)8-12(16)18-14(3,4)5/h5,8-9H,1,6-7H2,2-4H3,(H,17,18);6,9,11H,1,7-8H2,2-5H3/t9-;11-/m11/s1. The average molecular weight is 533 g/mol. The number of carbonyl (C=O) groups excluding carboxylic acids is 2. The molecule has 0 aromatic carbocycles. The Kier molecular flexibility index (Phi) is 12.2. The number of hydrogen-bond donors (Lipinski definition) is 1. The van der Waals surface area contributed by atoms with Crippen molar-refractivity contribution >= 4 is 17.9 Å². The molecule has 210 valence electrons. The van der Waals surface area contributed by atoms with E-state index in [9.17, 15) is 14.4 Å². The van der Waals surface area contributed by atoms with Crippen molar-refractivity contribution in [2.24, 2.45) is 0 Å². The SMILES string of the molecule is C=CC[C@H](CC(=O)OC(C)(C)C)c1nc(C(=O)O)co1.C=CC[C@H](CC(=O)OC(C)(C)C)c1nc(C)co1. The number of aromatic nitrogens is 2. The molecule has 0 aliphatic carbocycles. The van der Waals surface area contributed by atoms with Crippen LogP contribution in [0.2, 0.25) is 0 Å². The van der Waals surface area contributed by atoms with Crippen molar-refractivity contribution < 1.29 is 37.8 Å². The largest absolute Gasteiger partial charge is 0.476 e. The van der Waals surface area contributed by atoms with E-state index in [0.29, 0.717) is 18.7 Å². The van der Waals surface area contributed by atoms with Crippen molar-refractivity contribution in [3.8, 4) is 0 Å². The molecule has 10 heteroatoms. The van der Waals surface area contributed by atoms with Crippen LogP contribution >= 0.6 is 0 Å². The predicted molar refractivity (Wildman–Crippen MR) is 141 cm³/mol. The zero-order chi connectivity index (χ0) is 29.1. The van der Waals surface area contributed by atoms with Gasteiger partial charge < -0.3 is 23.4 Å². The monoisotopic (exact) mass is 532 g/mol. The van der Waals surface area contributed by atoms with Crippen molar-refractivity contribution in [3.63, 3.8) is 0 Å². The van der Waals surface area contributed by atoms with Crippen molar-refractivity contribution in [2.75, 3.05) is 0 Å². The van der Waals surface area contributed by atoms with Gasteiger partial charge in [-0.2, -0.15) is 0 Å². The van der Waals surface area contributed by atoms with Gasteiger partial charge in [-0.1, -0.05) is 12.2 Å². The Hall–Kier alpha value is -3.69. The van der Waals surface area contributed by atoms with E-state index in [1.165, 1.54) is 0 Å². The maximum Gasteiger partial charge on any atom is 0.357 e. The molecular formula is C28H40N2O8. The highest BCUT2D eigenvalue weighted by atomic mass is 16.6. The molecule has 2 aromatic heterocycles. The zero-order valence-corrected chi connectivity index (χ0v) is 23.4. The Morgan fingerprint density at radius 3 is 1.61 bits per heavy atom.